The Morgan fingerprint density at radius 3 is 2.60 bits per heavy atom. The fraction of sp³-hybridized carbons (Fsp3) is 0.323. The number of rotatable bonds is 7. The Bertz CT molecular complexity index is 1840. The minimum absolute atomic E-state index is 0.0489. The van der Waals surface area contributed by atoms with Crippen LogP contribution in [0.4, 0.5) is 0 Å². The second-order valence-corrected chi connectivity index (χ2v) is 11.0. The number of hydrogen-bond donors (Lipinski definition) is 0. The molecule has 9 heteroatoms. The van der Waals surface area contributed by atoms with Crippen LogP contribution in [0.2, 0.25) is 0 Å². The van der Waals surface area contributed by atoms with Crippen molar-refractivity contribution in [3.63, 3.8) is 0 Å². The first kappa shape index (κ1) is 27.5. The largest absolute Gasteiger partial charge is 0.493 e. The first-order valence-electron chi connectivity index (χ1n) is 13.2. The van der Waals surface area contributed by atoms with E-state index in [0.29, 0.717) is 37.7 Å². The third kappa shape index (κ3) is 4.64. The van der Waals surface area contributed by atoms with Gasteiger partial charge in [-0.15, -0.1) is 0 Å². The van der Waals surface area contributed by atoms with Gasteiger partial charge in [-0.3, -0.25) is 9.36 Å². The van der Waals surface area contributed by atoms with E-state index in [1.165, 1.54) is 11.3 Å². The molecule has 0 fully saturated rings. The van der Waals surface area contributed by atoms with E-state index in [1.807, 2.05) is 64.2 Å². The number of thiazole rings is 1. The number of esters is 1. The summed E-state index contributed by atoms with van der Waals surface area (Å²) in [5.74, 6) is 0.588. The molecule has 0 aliphatic carbocycles. The molecule has 5 rings (SSSR count). The zero-order valence-electron chi connectivity index (χ0n) is 23.8. The van der Waals surface area contributed by atoms with Gasteiger partial charge in [0.2, 0.25) is 0 Å². The highest BCUT2D eigenvalue weighted by Gasteiger charge is 2.34. The maximum atomic E-state index is 14.1. The van der Waals surface area contributed by atoms with Crippen molar-refractivity contribution in [1.82, 2.24) is 9.13 Å². The van der Waals surface area contributed by atoms with E-state index in [1.54, 1.807) is 25.5 Å². The van der Waals surface area contributed by atoms with Gasteiger partial charge >= 0.3 is 5.97 Å². The van der Waals surface area contributed by atoms with E-state index in [9.17, 15) is 9.59 Å². The second kappa shape index (κ2) is 10.8. The Hall–Kier alpha value is -4.11. The van der Waals surface area contributed by atoms with Crippen molar-refractivity contribution in [2.75, 3.05) is 13.7 Å². The van der Waals surface area contributed by atoms with Crippen LogP contribution in [0, 0.1) is 6.92 Å². The predicted octanol–water partition coefficient (Wildman–Crippen LogP) is 4.39. The van der Waals surface area contributed by atoms with Gasteiger partial charge in [-0.25, -0.2) is 9.79 Å². The number of methoxy groups -OCH3 is 1. The molecule has 0 bridgehead atoms. The SMILES string of the molecule is CCOC(=O)C1=C(C)N=c2sc(=Cc3c(C)n(C)c4ccccc34)c(=O)n2C1c1ccc(OC(C)C)c(OC)c1. The van der Waals surface area contributed by atoms with Gasteiger partial charge in [0.05, 0.1) is 41.7 Å². The first-order chi connectivity index (χ1) is 19.2. The molecule has 8 nitrogen and oxygen atoms in total. The zero-order chi connectivity index (χ0) is 28.7. The minimum atomic E-state index is -0.743. The van der Waals surface area contributed by atoms with Crippen molar-refractivity contribution in [2.24, 2.45) is 12.0 Å². The average molecular weight is 560 g/mol. The highest BCUT2D eigenvalue weighted by atomic mass is 32.1. The van der Waals surface area contributed by atoms with E-state index in [4.69, 9.17) is 19.2 Å². The number of hydrogen-bond acceptors (Lipinski definition) is 7. The molecule has 1 atom stereocenters. The van der Waals surface area contributed by atoms with Gasteiger partial charge in [0.15, 0.2) is 16.3 Å². The highest BCUT2D eigenvalue weighted by molar-refractivity contribution is 7.07. The minimum Gasteiger partial charge on any atom is -0.493 e. The summed E-state index contributed by atoms with van der Waals surface area (Å²) in [7, 11) is 3.59. The molecule has 3 heterocycles. The summed E-state index contributed by atoms with van der Waals surface area (Å²) in [6, 6.07) is 12.9. The Morgan fingerprint density at radius 2 is 1.90 bits per heavy atom. The number of carbonyl (C=O) groups excluding carboxylic acids is 1. The van der Waals surface area contributed by atoms with Gasteiger partial charge < -0.3 is 18.8 Å². The Labute approximate surface area is 236 Å². The summed E-state index contributed by atoms with van der Waals surface area (Å²) in [4.78, 5) is 32.6. The van der Waals surface area contributed by atoms with Crippen LogP contribution in [0.15, 0.2) is 63.5 Å². The average Bonchev–Trinajstić information content (AvgIpc) is 3.36. The lowest BCUT2D eigenvalue weighted by atomic mass is 9.95. The van der Waals surface area contributed by atoms with Crippen LogP contribution in [0.1, 0.15) is 50.6 Å². The molecule has 1 aliphatic heterocycles. The van der Waals surface area contributed by atoms with E-state index in [-0.39, 0.29) is 18.3 Å². The lowest BCUT2D eigenvalue weighted by molar-refractivity contribution is -0.139. The van der Waals surface area contributed by atoms with Crippen molar-refractivity contribution >= 4 is 34.3 Å². The molecule has 0 saturated carbocycles. The molecule has 2 aromatic carbocycles. The Kier molecular flexibility index (Phi) is 7.42. The first-order valence-corrected chi connectivity index (χ1v) is 14.1. The lowest BCUT2D eigenvalue weighted by Gasteiger charge is -2.25. The molecular weight excluding hydrogens is 526 g/mol. The fourth-order valence-corrected chi connectivity index (χ4v) is 6.20. The quantitative estimate of drug-likeness (QED) is 0.314. The van der Waals surface area contributed by atoms with Gasteiger partial charge in [0.1, 0.15) is 0 Å². The number of carbonyl (C=O) groups is 1. The van der Waals surface area contributed by atoms with Crippen LogP contribution in [0.25, 0.3) is 17.0 Å². The molecule has 1 unspecified atom stereocenters. The van der Waals surface area contributed by atoms with Crippen LogP contribution in [-0.4, -0.2) is 34.9 Å². The maximum Gasteiger partial charge on any atom is 0.338 e. The zero-order valence-corrected chi connectivity index (χ0v) is 24.6. The normalized spacial score (nSPS) is 15.4. The third-order valence-electron chi connectivity index (χ3n) is 7.11. The molecule has 0 saturated heterocycles. The highest BCUT2D eigenvalue weighted by Crippen LogP contribution is 2.36. The van der Waals surface area contributed by atoms with Crippen molar-refractivity contribution in [1.29, 1.82) is 0 Å². The molecule has 2 aromatic heterocycles. The number of para-hydroxylation sites is 1. The molecule has 208 valence electrons. The number of aryl methyl sites for hydroxylation is 1. The molecular formula is C31H33N3O5S. The Balaban J connectivity index is 1.75. The molecule has 40 heavy (non-hydrogen) atoms. The molecule has 0 radical (unpaired) electrons. The number of nitrogens with zero attached hydrogens (tertiary/aromatic N) is 3. The van der Waals surface area contributed by atoms with Gasteiger partial charge in [-0.1, -0.05) is 35.6 Å². The van der Waals surface area contributed by atoms with Crippen LogP contribution >= 0.6 is 11.3 Å². The topological polar surface area (TPSA) is 84.1 Å². The lowest BCUT2D eigenvalue weighted by Crippen LogP contribution is -2.40. The molecule has 0 N–H and O–H groups in total. The summed E-state index contributed by atoms with van der Waals surface area (Å²) in [5.41, 5.74) is 4.43. The monoisotopic (exact) mass is 559 g/mol. The summed E-state index contributed by atoms with van der Waals surface area (Å²) >= 11 is 1.31. The van der Waals surface area contributed by atoms with E-state index in [0.717, 1.165) is 22.2 Å². The van der Waals surface area contributed by atoms with Crippen molar-refractivity contribution in [3.05, 3.63) is 90.2 Å². The molecule has 0 amide bonds. The fourth-order valence-electron chi connectivity index (χ4n) is 5.18. The number of ether oxygens (including phenoxy) is 3. The number of benzene rings is 2. The van der Waals surface area contributed by atoms with Crippen LogP contribution < -0.4 is 24.4 Å². The molecule has 1 aliphatic rings. The predicted molar refractivity (Wildman–Crippen MR) is 157 cm³/mol. The third-order valence-corrected chi connectivity index (χ3v) is 8.09. The molecule has 0 spiro atoms. The Morgan fingerprint density at radius 1 is 1.15 bits per heavy atom. The molecule has 4 aromatic rings. The number of allylic oxidation sites excluding steroid dienone is 1. The van der Waals surface area contributed by atoms with Crippen LogP contribution in [0.3, 0.4) is 0 Å². The van der Waals surface area contributed by atoms with Crippen LogP contribution in [0.5, 0.6) is 11.5 Å². The van der Waals surface area contributed by atoms with Gasteiger partial charge in [0.25, 0.3) is 5.56 Å². The van der Waals surface area contributed by atoms with Crippen molar-refractivity contribution < 1.29 is 19.0 Å². The summed E-state index contributed by atoms with van der Waals surface area (Å²) in [6.07, 6.45) is 1.88. The maximum absolute atomic E-state index is 14.1. The number of fused-ring (bicyclic) bond motifs is 2. The standard InChI is InChI=1S/C31H33N3O5S/c1-8-38-30(36)27-18(4)32-31-34(28(27)20-13-14-24(39-17(2)3)25(15-20)37-7)29(35)26(40-31)16-22-19(5)33(6)23-12-10-9-11-21(22)23/h9-17,28H,8H2,1-7H3. The van der Waals surface area contributed by atoms with Crippen LogP contribution in [-0.2, 0) is 16.6 Å². The smallest absolute Gasteiger partial charge is 0.338 e. The van der Waals surface area contributed by atoms with E-state index >= 15 is 0 Å². The van der Waals surface area contributed by atoms with Gasteiger partial charge in [-0.2, -0.15) is 0 Å². The van der Waals surface area contributed by atoms with E-state index < -0.39 is 12.0 Å². The van der Waals surface area contributed by atoms with Crippen molar-refractivity contribution in [3.8, 4) is 11.5 Å². The van der Waals surface area contributed by atoms with Crippen molar-refractivity contribution in [2.45, 2.75) is 46.8 Å². The number of aromatic nitrogens is 2. The second-order valence-electron chi connectivity index (χ2n) is 9.95. The summed E-state index contributed by atoms with van der Waals surface area (Å²) < 4.78 is 21.2. The summed E-state index contributed by atoms with van der Waals surface area (Å²) in [6.45, 7) is 9.66. The van der Waals surface area contributed by atoms with Gasteiger partial charge in [0, 0.05) is 29.2 Å². The van der Waals surface area contributed by atoms with Gasteiger partial charge in [-0.05, 0) is 64.5 Å². The van der Waals surface area contributed by atoms with E-state index in [2.05, 4.69) is 16.7 Å². The summed E-state index contributed by atoms with van der Waals surface area (Å²) in [5, 5.41) is 1.07.